The van der Waals surface area contributed by atoms with Crippen molar-refractivity contribution in [2.75, 3.05) is 31.3 Å². The van der Waals surface area contributed by atoms with E-state index < -0.39 is 0 Å². The number of anilines is 2. The fourth-order valence-corrected chi connectivity index (χ4v) is 1.97. The number of hydrogen-bond acceptors (Lipinski definition) is 5. The zero-order valence-electron chi connectivity index (χ0n) is 10.5. The average molecular weight is 236 g/mol. The van der Waals surface area contributed by atoms with Crippen molar-refractivity contribution < 1.29 is 4.74 Å². The number of aryl methyl sites for hydroxylation is 1. The maximum atomic E-state index is 5.61. The Kier molecular flexibility index (Phi) is 3.47. The summed E-state index contributed by atoms with van der Waals surface area (Å²) in [4.78, 5) is 8.22. The molecule has 0 unspecified atom stereocenters. The summed E-state index contributed by atoms with van der Waals surface area (Å²) in [7, 11) is 1.75. The molecule has 1 aromatic heterocycles. The van der Waals surface area contributed by atoms with Gasteiger partial charge in [-0.15, -0.1) is 0 Å². The second kappa shape index (κ2) is 4.87. The number of rotatable bonds is 6. The number of nitrogens with zero attached hydrogens (tertiary/aromatic N) is 2. The van der Waals surface area contributed by atoms with Gasteiger partial charge < -0.3 is 15.8 Å². The lowest BCUT2D eigenvalue weighted by molar-refractivity contribution is 0.175. The molecule has 94 valence electrons. The van der Waals surface area contributed by atoms with E-state index in [2.05, 4.69) is 15.3 Å². The molecule has 0 spiro atoms. The summed E-state index contributed by atoms with van der Waals surface area (Å²) in [5.41, 5.74) is 6.91. The minimum absolute atomic E-state index is 0.328. The first-order valence-corrected chi connectivity index (χ1v) is 5.98. The molecular weight excluding hydrogens is 216 g/mol. The second-order valence-electron chi connectivity index (χ2n) is 4.85. The van der Waals surface area contributed by atoms with Crippen LogP contribution in [0.15, 0.2) is 6.07 Å². The highest BCUT2D eigenvalue weighted by Gasteiger charge is 2.41. The predicted octanol–water partition coefficient (Wildman–Crippen LogP) is 1.60. The largest absolute Gasteiger partial charge is 0.385 e. The molecule has 0 saturated heterocycles. The summed E-state index contributed by atoms with van der Waals surface area (Å²) in [6.45, 7) is 3.68. The minimum Gasteiger partial charge on any atom is -0.385 e. The number of nitrogens with one attached hydrogen (secondary N) is 1. The number of ether oxygens (including phenoxy) is 1. The number of methoxy groups -OCH3 is 1. The molecule has 0 bridgehead atoms. The van der Waals surface area contributed by atoms with E-state index in [4.69, 9.17) is 10.5 Å². The second-order valence-corrected chi connectivity index (χ2v) is 4.85. The highest BCUT2D eigenvalue weighted by molar-refractivity contribution is 5.40. The van der Waals surface area contributed by atoms with Gasteiger partial charge in [-0.25, -0.2) is 4.98 Å². The monoisotopic (exact) mass is 236 g/mol. The van der Waals surface area contributed by atoms with Gasteiger partial charge in [-0.2, -0.15) is 4.98 Å². The van der Waals surface area contributed by atoms with Crippen LogP contribution in [-0.2, 0) is 4.74 Å². The van der Waals surface area contributed by atoms with Crippen LogP contribution in [0.3, 0.4) is 0 Å². The number of nitrogen functional groups attached to an aromatic ring is 1. The van der Waals surface area contributed by atoms with Gasteiger partial charge in [0.15, 0.2) is 0 Å². The van der Waals surface area contributed by atoms with Gasteiger partial charge in [-0.1, -0.05) is 0 Å². The average Bonchev–Trinajstić information content (AvgIpc) is 3.03. The lowest BCUT2D eigenvalue weighted by atomic mass is 10.0. The third-order valence-corrected chi connectivity index (χ3v) is 3.31. The van der Waals surface area contributed by atoms with Crippen molar-refractivity contribution in [3.63, 3.8) is 0 Å². The Bertz CT molecular complexity index is 370. The Morgan fingerprint density at radius 1 is 1.47 bits per heavy atom. The van der Waals surface area contributed by atoms with Crippen LogP contribution < -0.4 is 11.1 Å². The number of nitrogens with two attached hydrogens (primary N) is 1. The molecule has 5 nitrogen and oxygen atoms in total. The molecule has 1 aliphatic carbocycles. The van der Waals surface area contributed by atoms with E-state index in [1.54, 1.807) is 7.11 Å². The maximum Gasteiger partial charge on any atom is 0.222 e. The van der Waals surface area contributed by atoms with E-state index in [9.17, 15) is 0 Å². The van der Waals surface area contributed by atoms with Gasteiger partial charge in [0.25, 0.3) is 0 Å². The molecule has 0 radical (unpaired) electrons. The summed E-state index contributed by atoms with van der Waals surface area (Å²) >= 11 is 0. The standard InChI is InChI=1S/C12H20N4O/c1-9-7-10(16-11(13)15-9)14-8-12(3-4-12)5-6-17-2/h7H,3-6,8H2,1-2H3,(H3,13,14,15,16). The molecule has 1 heterocycles. The normalized spacial score (nSPS) is 16.8. The Hall–Kier alpha value is -1.36. The van der Waals surface area contributed by atoms with Crippen molar-refractivity contribution in [3.8, 4) is 0 Å². The quantitative estimate of drug-likeness (QED) is 0.784. The molecule has 1 aliphatic rings. The molecule has 1 fully saturated rings. The molecule has 2 rings (SSSR count). The van der Waals surface area contributed by atoms with Crippen LogP contribution in [0.1, 0.15) is 25.0 Å². The lowest BCUT2D eigenvalue weighted by Crippen LogP contribution is -2.18. The fraction of sp³-hybridized carbons (Fsp3) is 0.667. The van der Waals surface area contributed by atoms with E-state index in [0.717, 1.165) is 31.1 Å². The fourth-order valence-electron chi connectivity index (χ4n) is 1.97. The number of aromatic nitrogens is 2. The Balaban J connectivity index is 1.89. The topological polar surface area (TPSA) is 73.1 Å². The predicted molar refractivity (Wildman–Crippen MR) is 67.8 cm³/mol. The minimum atomic E-state index is 0.328. The molecule has 0 atom stereocenters. The summed E-state index contributed by atoms with van der Waals surface area (Å²) < 4.78 is 5.13. The van der Waals surface area contributed by atoms with E-state index in [-0.39, 0.29) is 0 Å². The van der Waals surface area contributed by atoms with Crippen molar-refractivity contribution in [1.29, 1.82) is 0 Å². The van der Waals surface area contributed by atoms with Gasteiger partial charge in [-0.05, 0) is 31.6 Å². The van der Waals surface area contributed by atoms with Crippen LogP contribution in [0.25, 0.3) is 0 Å². The van der Waals surface area contributed by atoms with Crippen LogP contribution in [0, 0.1) is 12.3 Å². The third kappa shape index (κ3) is 3.30. The van der Waals surface area contributed by atoms with Gasteiger partial charge in [0.2, 0.25) is 5.95 Å². The molecule has 5 heteroatoms. The maximum absolute atomic E-state index is 5.61. The third-order valence-electron chi connectivity index (χ3n) is 3.31. The Morgan fingerprint density at radius 3 is 2.82 bits per heavy atom. The molecular formula is C12H20N4O. The van der Waals surface area contributed by atoms with Crippen LogP contribution in [-0.4, -0.2) is 30.2 Å². The number of hydrogen-bond donors (Lipinski definition) is 2. The van der Waals surface area contributed by atoms with Crippen LogP contribution in [0.5, 0.6) is 0 Å². The summed E-state index contributed by atoms with van der Waals surface area (Å²) in [6, 6.07) is 1.92. The Labute approximate surface area is 102 Å². The van der Waals surface area contributed by atoms with Crippen molar-refractivity contribution in [1.82, 2.24) is 9.97 Å². The van der Waals surface area contributed by atoms with Gasteiger partial charge in [-0.3, -0.25) is 0 Å². The first kappa shape index (κ1) is 12.1. The highest BCUT2D eigenvalue weighted by Crippen LogP contribution is 2.48. The van der Waals surface area contributed by atoms with Crippen LogP contribution in [0.2, 0.25) is 0 Å². The van der Waals surface area contributed by atoms with Crippen molar-refractivity contribution in [2.45, 2.75) is 26.2 Å². The van der Waals surface area contributed by atoms with Crippen LogP contribution >= 0.6 is 0 Å². The van der Waals surface area contributed by atoms with E-state index in [1.165, 1.54) is 12.8 Å². The van der Waals surface area contributed by atoms with Crippen LogP contribution in [0.4, 0.5) is 11.8 Å². The summed E-state index contributed by atoms with van der Waals surface area (Å²) in [5.74, 6) is 1.15. The highest BCUT2D eigenvalue weighted by atomic mass is 16.5. The van der Waals surface area contributed by atoms with Gasteiger partial charge in [0.05, 0.1) is 0 Å². The molecule has 17 heavy (non-hydrogen) atoms. The summed E-state index contributed by atoms with van der Waals surface area (Å²) in [5, 5.41) is 3.35. The summed E-state index contributed by atoms with van der Waals surface area (Å²) in [6.07, 6.45) is 3.64. The molecule has 0 aliphatic heterocycles. The van der Waals surface area contributed by atoms with E-state index >= 15 is 0 Å². The first-order chi connectivity index (χ1) is 8.13. The van der Waals surface area contributed by atoms with Crippen molar-refractivity contribution in [3.05, 3.63) is 11.8 Å². The van der Waals surface area contributed by atoms with Crippen molar-refractivity contribution in [2.24, 2.45) is 5.41 Å². The lowest BCUT2D eigenvalue weighted by Gasteiger charge is -2.16. The van der Waals surface area contributed by atoms with Gasteiger partial charge in [0, 0.05) is 32.0 Å². The molecule has 1 aromatic rings. The van der Waals surface area contributed by atoms with E-state index in [0.29, 0.717) is 11.4 Å². The zero-order valence-corrected chi connectivity index (χ0v) is 10.5. The van der Waals surface area contributed by atoms with Gasteiger partial charge >= 0.3 is 0 Å². The molecule has 0 amide bonds. The Morgan fingerprint density at radius 2 is 2.24 bits per heavy atom. The van der Waals surface area contributed by atoms with E-state index in [1.807, 2.05) is 13.0 Å². The molecule has 3 N–H and O–H groups in total. The molecule has 0 aromatic carbocycles. The zero-order chi connectivity index (χ0) is 12.3. The molecule has 1 saturated carbocycles. The SMILES string of the molecule is COCCC1(CNc2cc(C)nc(N)n2)CC1. The van der Waals surface area contributed by atoms with Gasteiger partial charge in [0.1, 0.15) is 5.82 Å². The first-order valence-electron chi connectivity index (χ1n) is 5.98. The van der Waals surface area contributed by atoms with Crippen molar-refractivity contribution >= 4 is 11.8 Å². The smallest absolute Gasteiger partial charge is 0.222 e.